The monoisotopic (exact) mass is 281 g/mol. The van der Waals surface area contributed by atoms with Crippen molar-refractivity contribution >= 4 is 28.3 Å². The minimum absolute atomic E-state index is 0.200. The van der Waals surface area contributed by atoms with Crippen molar-refractivity contribution in [3.63, 3.8) is 0 Å². The van der Waals surface area contributed by atoms with E-state index in [0.29, 0.717) is 11.1 Å². The summed E-state index contributed by atoms with van der Waals surface area (Å²) in [5.41, 5.74) is 14.8. The molecule has 2 heterocycles. The molecule has 21 heavy (non-hydrogen) atoms. The topological polar surface area (TPSA) is 119 Å². The molecule has 7 nitrogen and oxygen atoms in total. The third-order valence-corrected chi connectivity index (χ3v) is 3.48. The van der Waals surface area contributed by atoms with Crippen molar-refractivity contribution in [2.75, 3.05) is 11.5 Å². The van der Waals surface area contributed by atoms with Crippen LogP contribution in [0.25, 0.3) is 10.9 Å². The molecule has 0 aliphatic carbocycles. The molecule has 7 heteroatoms. The molecule has 3 rings (SSSR count). The standard InChI is InChI=1S/C14H15N7/c1-7-9-4-3-8(5-10(9)21(2)20-7)12(15)11-13(16)18-6-19-14(11)17/h3-6,15H,1-2H3,(H4,16,17,18,19). The Bertz CT molecular complexity index is 843. The average molecular weight is 281 g/mol. The van der Waals surface area contributed by atoms with Gasteiger partial charge in [0.05, 0.1) is 22.5 Å². The van der Waals surface area contributed by atoms with Gasteiger partial charge in [-0.2, -0.15) is 5.10 Å². The summed E-state index contributed by atoms with van der Waals surface area (Å²) >= 11 is 0. The highest BCUT2D eigenvalue weighted by molar-refractivity contribution is 6.16. The van der Waals surface area contributed by atoms with E-state index in [-0.39, 0.29) is 17.3 Å². The number of hydrogen-bond donors (Lipinski definition) is 3. The maximum Gasteiger partial charge on any atom is 0.138 e. The Morgan fingerprint density at radius 3 is 2.52 bits per heavy atom. The fourth-order valence-electron chi connectivity index (χ4n) is 2.41. The second-order valence-electron chi connectivity index (χ2n) is 4.84. The van der Waals surface area contributed by atoms with Crippen LogP contribution in [0, 0.1) is 12.3 Å². The molecule has 0 aliphatic heterocycles. The van der Waals surface area contributed by atoms with Crippen LogP contribution in [0.15, 0.2) is 24.5 Å². The number of nitrogens with zero attached hydrogens (tertiary/aromatic N) is 4. The van der Waals surface area contributed by atoms with Gasteiger partial charge in [-0.1, -0.05) is 12.1 Å². The fourth-order valence-corrected chi connectivity index (χ4v) is 2.41. The summed E-state index contributed by atoms with van der Waals surface area (Å²) in [6.45, 7) is 1.95. The summed E-state index contributed by atoms with van der Waals surface area (Å²) in [5.74, 6) is 0.405. The predicted molar refractivity (Wildman–Crippen MR) is 82.2 cm³/mol. The molecule has 1 aromatic carbocycles. The van der Waals surface area contributed by atoms with Gasteiger partial charge in [-0.3, -0.25) is 10.1 Å². The Balaban J connectivity index is 2.16. The first kappa shape index (κ1) is 13.0. The lowest BCUT2D eigenvalue weighted by atomic mass is 10.0. The van der Waals surface area contributed by atoms with Crippen LogP contribution in [0.5, 0.6) is 0 Å². The van der Waals surface area contributed by atoms with Crippen LogP contribution in [0.4, 0.5) is 11.6 Å². The van der Waals surface area contributed by atoms with Gasteiger partial charge in [0.2, 0.25) is 0 Å². The van der Waals surface area contributed by atoms with Crippen molar-refractivity contribution < 1.29 is 0 Å². The Morgan fingerprint density at radius 2 is 1.86 bits per heavy atom. The number of fused-ring (bicyclic) bond motifs is 1. The number of anilines is 2. The van der Waals surface area contributed by atoms with Gasteiger partial charge in [-0.15, -0.1) is 0 Å². The third kappa shape index (κ3) is 1.99. The number of benzene rings is 1. The van der Waals surface area contributed by atoms with Crippen molar-refractivity contribution in [2.24, 2.45) is 7.05 Å². The SMILES string of the molecule is Cc1nn(C)c2cc(C(=N)c3c(N)ncnc3N)ccc12. The number of aromatic nitrogens is 4. The number of rotatable bonds is 2. The molecule has 0 fully saturated rings. The number of nitrogen functional groups attached to an aromatic ring is 2. The van der Waals surface area contributed by atoms with Crippen molar-refractivity contribution in [3.05, 3.63) is 41.3 Å². The predicted octanol–water partition coefficient (Wildman–Crippen LogP) is 1.25. The van der Waals surface area contributed by atoms with E-state index >= 15 is 0 Å². The molecule has 106 valence electrons. The van der Waals surface area contributed by atoms with Crippen molar-refractivity contribution in [2.45, 2.75) is 6.92 Å². The van der Waals surface area contributed by atoms with E-state index in [2.05, 4.69) is 15.1 Å². The van der Waals surface area contributed by atoms with Crippen LogP contribution in [-0.4, -0.2) is 25.5 Å². The highest BCUT2D eigenvalue weighted by Gasteiger charge is 2.15. The number of hydrogen-bond acceptors (Lipinski definition) is 6. The van der Waals surface area contributed by atoms with Gasteiger partial charge in [0.1, 0.15) is 18.0 Å². The maximum absolute atomic E-state index is 8.34. The second-order valence-corrected chi connectivity index (χ2v) is 4.84. The van der Waals surface area contributed by atoms with Gasteiger partial charge in [0.25, 0.3) is 0 Å². The molecule has 0 amide bonds. The molecule has 0 saturated carbocycles. The quantitative estimate of drug-likeness (QED) is 0.611. The molecule has 5 N–H and O–H groups in total. The minimum Gasteiger partial charge on any atom is -0.383 e. The van der Waals surface area contributed by atoms with Crippen molar-refractivity contribution in [1.82, 2.24) is 19.7 Å². The Labute approximate surface area is 121 Å². The van der Waals surface area contributed by atoms with Crippen molar-refractivity contribution in [1.29, 1.82) is 5.41 Å². The van der Waals surface area contributed by atoms with E-state index in [4.69, 9.17) is 16.9 Å². The van der Waals surface area contributed by atoms with Gasteiger partial charge in [-0.25, -0.2) is 9.97 Å². The number of nitrogens with one attached hydrogen (secondary N) is 1. The third-order valence-electron chi connectivity index (χ3n) is 3.48. The van der Waals surface area contributed by atoms with E-state index in [1.165, 1.54) is 6.33 Å². The summed E-state index contributed by atoms with van der Waals surface area (Å²) < 4.78 is 1.79. The number of aryl methyl sites for hydroxylation is 2. The molecule has 3 aromatic rings. The minimum atomic E-state index is 0.200. The van der Waals surface area contributed by atoms with Gasteiger partial charge in [0, 0.05) is 18.0 Å². The Hall–Kier alpha value is -2.96. The van der Waals surface area contributed by atoms with Gasteiger partial charge < -0.3 is 11.5 Å². The molecule has 0 unspecified atom stereocenters. The zero-order chi connectivity index (χ0) is 15.1. The lowest BCUT2D eigenvalue weighted by Gasteiger charge is -2.09. The van der Waals surface area contributed by atoms with Crippen molar-refractivity contribution in [3.8, 4) is 0 Å². The Morgan fingerprint density at radius 1 is 1.19 bits per heavy atom. The number of nitrogens with two attached hydrogens (primary N) is 2. The zero-order valence-electron chi connectivity index (χ0n) is 11.8. The van der Waals surface area contributed by atoms with E-state index in [9.17, 15) is 0 Å². The summed E-state index contributed by atoms with van der Waals surface area (Å²) in [5, 5.41) is 13.8. The van der Waals surface area contributed by atoms with E-state index in [1.54, 1.807) is 4.68 Å². The molecule has 2 aromatic heterocycles. The molecule has 0 spiro atoms. The van der Waals surface area contributed by atoms with E-state index in [0.717, 1.165) is 16.6 Å². The lowest BCUT2D eigenvalue weighted by molar-refractivity contribution is 0.783. The molecular formula is C14H15N7. The molecule has 0 saturated heterocycles. The normalized spacial score (nSPS) is 11.0. The molecule has 0 aliphatic rings. The lowest BCUT2D eigenvalue weighted by Crippen LogP contribution is -2.12. The maximum atomic E-state index is 8.34. The zero-order valence-corrected chi connectivity index (χ0v) is 11.8. The smallest absolute Gasteiger partial charge is 0.138 e. The van der Waals surface area contributed by atoms with E-state index < -0.39 is 0 Å². The van der Waals surface area contributed by atoms with Crippen LogP contribution in [0.3, 0.4) is 0 Å². The first-order valence-corrected chi connectivity index (χ1v) is 6.37. The largest absolute Gasteiger partial charge is 0.383 e. The van der Waals surface area contributed by atoms with Crippen LogP contribution in [0.1, 0.15) is 16.8 Å². The first-order chi connectivity index (χ1) is 9.99. The van der Waals surface area contributed by atoms with Crippen LogP contribution in [-0.2, 0) is 7.05 Å². The Kier molecular flexibility index (Phi) is 2.83. The van der Waals surface area contributed by atoms with Gasteiger partial charge >= 0.3 is 0 Å². The molecule has 0 bridgehead atoms. The molecule has 0 atom stereocenters. The van der Waals surface area contributed by atoms with Gasteiger partial charge in [-0.05, 0) is 13.0 Å². The first-order valence-electron chi connectivity index (χ1n) is 6.37. The van der Waals surface area contributed by atoms with Crippen LogP contribution < -0.4 is 11.5 Å². The molecular weight excluding hydrogens is 266 g/mol. The summed E-state index contributed by atoms with van der Waals surface area (Å²) in [6, 6.07) is 5.69. The summed E-state index contributed by atoms with van der Waals surface area (Å²) in [6.07, 6.45) is 1.29. The van der Waals surface area contributed by atoms with Crippen LogP contribution in [0.2, 0.25) is 0 Å². The average Bonchev–Trinajstić information content (AvgIpc) is 2.73. The van der Waals surface area contributed by atoms with E-state index in [1.807, 2.05) is 32.2 Å². The van der Waals surface area contributed by atoms with Crippen LogP contribution >= 0.6 is 0 Å². The highest BCUT2D eigenvalue weighted by Crippen LogP contribution is 2.23. The summed E-state index contributed by atoms with van der Waals surface area (Å²) in [4.78, 5) is 7.80. The molecule has 0 radical (unpaired) electrons. The summed E-state index contributed by atoms with van der Waals surface area (Å²) in [7, 11) is 1.87. The fraction of sp³-hybridized carbons (Fsp3) is 0.143. The highest BCUT2D eigenvalue weighted by atomic mass is 15.3. The van der Waals surface area contributed by atoms with Gasteiger partial charge in [0.15, 0.2) is 0 Å². The second kappa shape index (κ2) is 4.55.